The average molecular weight is 359 g/mol. The van der Waals surface area contributed by atoms with E-state index in [0.717, 1.165) is 29.9 Å². The molecule has 1 aliphatic heterocycles. The van der Waals surface area contributed by atoms with Crippen LogP contribution in [0.5, 0.6) is 0 Å². The Morgan fingerprint density at radius 1 is 1.32 bits per heavy atom. The minimum Gasteiger partial charge on any atom is -0.478 e. The average Bonchev–Trinajstić information content (AvgIpc) is 3.10. The summed E-state index contributed by atoms with van der Waals surface area (Å²) in [6, 6.07) is 10.6. The second-order valence-electron chi connectivity index (χ2n) is 6.22. The van der Waals surface area contributed by atoms with Crippen LogP contribution < -0.4 is 0 Å². The minimum absolute atomic E-state index is 0.0913. The Kier molecular flexibility index (Phi) is 5.48. The number of thioether (sulfide) groups is 1. The lowest BCUT2D eigenvalue weighted by atomic mass is 9.89. The van der Waals surface area contributed by atoms with Crippen molar-refractivity contribution in [2.75, 3.05) is 19.3 Å². The van der Waals surface area contributed by atoms with Crippen molar-refractivity contribution in [2.24, 2.45) is 0 Å². The van der Waals surface area contributed by atoms with Gasteiger partial charge in [-0.05, 0) is 48.9 Å². The lowest BCUT2D eigenvalue weighted by molar-refractivity contribution is 0.0668. The van der Waals surface area contributed by atoms with Crippen LogP contribution in [0.3, 0.4) is 0 Å². The smallest absolute Gasteiger partial charge is 0.335 e. The van der Waals surface area contributed by atoms with Crippen molar-refractivity contribution in [3.63, 3.8) is 0 Å². The molecule has 1 aromatic heterocycles. The van der Waals surface area contributed by atoms with Crippen LogP contribution in [0, 0.1) is 0 Å². The molecular weight excluding hydrogens is 338 g/mol. The minimum atomic E-state index is -0.928. The summed E-state index contributed by atoms with van der Waals surface area (Å²) in [6.07, 6.45) is 3.83. The van der Waals surface area contributed by atoms with Crippen molar-refractivity contribution >= 4 is 23.6 Å². The number of aromatic carboxylic acids is 1. The first-order chi connectivity index (χ1) is 12.1. The van der Waals surface area contributed by atoms with Crippen molar-refractivity contribution in [3.05, 3.63) is 59.0 Å². The quantitative estimate of drug-likeness (QED) is 0.878. The van der Waals surface area contributed by atoms with E-state index < -0.39 is 5.97 Å². The van der Waals surface area contributed by atoms with Gasteiger partial charge < -0.3 is 14.4 Å². The van der Waals surface area contributed by atoms with Gasteiger partial charge >= 0.3 is 5.97 Å². The lowest BCUT2D eigenvalue weighted by Gasteiger charge is -2.32. The fraction of sp³-hybridized carbons (Fsp3) is 0.368. The molecule has 1 N–H and O–H groups in total. The van der Waals surface area contributed by atoms with E-state index in [1.54, 1.807) is 36.0 Å². The predicted molar refractivity (Wildman–Crippen MR) is 97.2 cm³/mol. The SMILES string of the molecule is CSCc1ccc(C(=O)N2CCC[C@H](c3cccc(C(=O)O)c3)C2)o1. The summed E-state index contributed by atoms with van der Waals surface area (Å²) in [5.74, 6) is 1.06. The van der Waals surface area contributed by atoms with E-state index >= 15 is 0 Å². The Morgan fingerprint density at radius 2 is 2.16 bits per heavy atom. The molecule has 6 heteroatoms. The van der Waals surface area contributed by atoms with Gasteiger partial charge in [-0.3, -0.25) is 4.79 Å². The molecule has 3 rings (SSSR count). The number of hydrogen-bond donors (Lipinski definition) is 1. The van der Waals surface area contributed by atoms with Crippen molar-refractivity contribution in [3.8, 4) is 0 Å². The molecule has 2 heterocycles. The molecule has 0 aliphatic carbocycles. The van der Waals surface area contributed by atoms with Gasteiger partial charge in [0.1, 0.15) is 5.76 Å². The van der Waals surface area contributed by atoms with Crippen molar-refractivity contribution < 1.29 is 19.1 Å². The van der Waals surface area contributed by atoms with Gasteiger partial charge in [-0.25, -0.2) is 4.79 Å². The van der Waals surface area contributed by atoms with E-state index in [9.17, 15) is 9.59 Å². The normalized spacial score (nSPS) is 17.5. The maximum atomic E-state index is 12.7. The fourth-order valence-electron chi connectivity index (χ4n) is 3.23. The van der Waals surface area contributed by atoms with Gasteiger partial charge in [-0.2, -0.15) is 11.8 Å². The van der Waals surface area contributed by atoms with Crippen molar-refractivity contribution in [1.29, 1.82) is 0 Å². The molecule has 0 spiro atoms. The molecule has 2 aromatic rings. The third-order valence-electron chi connectivity index (χ3n) is 4.47. The topological polar surface area (TPSA) is 70.8 Å². The molecule has 5 nitrogen and oxygen atoms in total. The highest BCUT2D eigenvalue weighted by molar-refractivity contribution is 7.97. The number of likely N-dealkylation sites (tertiary alicyclic amines) is 1. The second-order valence-corrected chi connectivity index (χ2v) is 7.09. The number of amides is 1. The molecule has 1 fully saturated rings. The van der Waals surface area contributed by atoms with E-state index in [1.165, 1.54) is 0 Å². The van der Waals surface area contributed by atoms with Gasteiger partial charge in [0.2, 0.25) is 0 Å². The molecule has 0 saturated carbocycles. The number of nitrogens with zero attached hydrogens (tertiary/aromatic N) is 1. The summed E-state index contributed by atoms with van der Waals surface area (Å²) in [7, 11) is 0. The number of hydrogen-bond acceptors (Lipinski definition) is 4. The van der Waals surface area contributed by atoms with Crippen LogP contribution in [-0.2, 0) is 5.75 Å². The Morgan fingerprint density at radius 3 is 2.92 bits per heavy atom. The summed E-state index contributed by atoms with van der Waals surface area (Å²) >= 11 is 1.65. The number of piperidine rings is 1. The maximum Gasteiger partial charge on any atom is 0.335 e. The highest BCUT2D eigenvalue weighted by Gasteiger charge is 2.27. The number of furan rings is 1. The van der Waals surface area contributed by atoms with Gasteiger partial charge in [0.15, 0.2) is 5.76 Å². The van der Waals surface area contributed by atoms with Crippen LogP contribution in [0.25, 0.3) is 0 Å². The van der Waals surface area contributed by atoms with Crippen molar-refractivity contribution in [2.45, 2.75) is 24.5 Å². The van der Waals surface area contributed by atoms with Gasteiger partial charge in [0.05, 0.1) is 11.3 Å². The third-order valence-corrected chi connectivity index (χ3v) is 5.05. The number of benzene rings is 1. The van der Waals surface area contributed by atoms with Crippen LogP contribution in [-0.4, -0.2) is 41.2 Å². The zero-order chi connectivity index (χ0) is 17.8. The van der Waals surface area contributed by atoms with Gasteiger partial charge in [0.25, 0.3) is 5.91 Å². The number of carbonyl (C=O) groups excluding carboxylic acids is 1. The molecule has 1 amide bonds. The Balaban J connectivity index is 1.73. The summed E-state index contributed by atoms with van der Waals surface area (Å²) < 4.78 is 5.64. The number of carboxylic acid groups (broad SMARTS) is 1. The monoisotopic (exact) mass is 359 g/mol. The van der Waals surface area contributed by atoms with Crippen LogP contribution >= 0.6 is 11.8 Å². The Hall–Kier alpha value is -2.21. The van der Waals surface area contributed by atoms with Crippen LogP contribution in [0.15, 0.2) is 40.8 Å². The largest absolute Gasteiger partial charge is 0.478 e. The van der Waals surface area contributed by atoms with E-state index in [-0.39, 0.29) is 17.4 Å². The van der Waals surface area contributed by atoms with Gasteiger partial charge in [-0.15, -0.1) is 0 Å². The maximum absolute atomic E-state index is 12.7. The number of carboxylic acids is 1. The zero-order valence-electron chi connectivity index (χ0n) is 14.1. The van der Waals surface area contributed by atoms with Gasteiger partial charge in [-0.1, -0.05) is 12.1 Å². The highest BCUT2D eigenvalue weighted by atomic mass is 32.2. The standard InChI is InChI=1S/C19H21NO4S/c1-25-12-16-7-8-17(24-16)18(21)20-9-3-6-15(11-20)13-4-2-5-14(10-13)19(22)23/h2,4-5,7-8,10,15H,3,6,9,11-12H2,1H3,(H,22,23)/t15-/m0/s1. The van der Waals surface area contributed by atoms with Crippen LogP contribution in [0.2, 0.25) is 0 Å². The van der Waals surface area contributed by atoms with E-state index in [4.69, 9.17) is 9.52 Å². The zero-order valence-corrected chi connectivity index (χ0v) is 14.9. The van der Waals surface area contributed by atoms with Gasteiger partial charge in [0, 0.05) is 19.0 Å². The molecule has 1 atom stereocenters. The third kappa shape index (κ3) is 4.07. The number of rotatable bonds is 5. The summed E-state index contributed by atoms with van der Waals surface area (Å²) in [5, 5.41) is 9.16. The molecule has 0 bridgehead atoms. The predicted octanol–water partition coefficient (Wildman–Crippen LogP) is 3.86. The van der Waals surface area contributed by atoms with E-state index in [0.29, 0.717) is 18.8 Å². The van der Waals surface area contributed by atoms with Crippen LogP contribution in [0.4, 0.5) is 0 Å². The molecule has 0 unspecified atom stereocenters. The molecular formula is C19H21NO4S. The van der Waals surface area contributed by atoms with Crippen molar-refractivity contribution in [1.82, 2.24) is 4.90 Å². The summed E-state index contributed by atoms with van der Waals surface area (Å²) in [6.45, 7) is 1.28. The van der Waals surface area contributed by atoms with E-state index in [2.05, 4.69) is 0 Å². The van der Waals surface area contributed by atoms with Crippen LogP contribution in [0.1, 0.15) is 51.0 Å². The molecule has 0 radical (unpaired) electrons. The lowest BCUT2D eigenvalue weighted by Crippen LogP contribution is -2.39. The first-order valence-corrected chi connectivity index (χ1v) is 9.68. The first-order valence-electron chi connectivity index (χ1n) is 8.28. The fourth-order valence-corrected chi connectivity index (χ4v) is 3.67. The Labute approximate surface area is 151 Å². The second kappa shape index (κ2) is 7.78. The molecule has 1 aliphatic rings. The Bertz CT molecular complexity index is 770. The summed E-state index contributed by atoms with van der Waals surface area (Å²) in [4.78, 5) is 25.7. The molecule has 25 heavy (non-hydrogen) atoms. The summed E-state index contributed by atoms with van der Waals surface area (Å²) in [5.41, 5.74) is 1.26. The van der Waals surface area contributed by atoms with E-state index in [1.807, 2.05) is 23.3 Å². The molecule has 1 saturated heterocycles. The molecule has 132 valence electrons. The number of carbonyl (C=O) groups is 2. The molecule has 1 aromatic carbocycles. The highest BCUT2D eigenvalue weighted by Crippen LogP contribution is 2.28. The first kappa shape index (κ1) is 17.6.